The third-order valence-electron chi connectivity index (χ3n) is 0.774. The zero-order valence-corrected chi connectivity index (χ0v) is 5.89. The molecule has 1 rings (SSSR count). The fourth-order valence-corrected chi connectivity index (χ4v) is 0.655. The van der Waals surface area contributed by atoms with Crippen LogP contribution in [0.5, 0.6) is 0 Å². The Morgan fingerprint density at radius 1 is 1.56 bits per heavy atom. The van der Waals surface area contributed by atoms with Crippen molar-refractivity contribution >= 4 is 21.7 Å². The molecule has 0 aliphatic carbocycles. The average molecular weight is 192 g/mol. The molecule has 1 aromatic rings. The highest BCUT2D eigenvalue weighted by Gasteiger charge is 2.02. The van der Waals surface area contributed by atoms with E-state index in [4.69, 9.17) is 5.73 Å². The predicted octanol–water partition coefficient (Wildman–Crippen LogP) is 0.960. The minimum atomic E-state index is -0.613. The van der Waals surface area contributed by atoms with Crippen LogP contribution in [-0.4, -0.2) is 9.97 Å². The molecule has 1 heterocycles. The van der Waals surface area contributed by atoms with Crippen LogP contribution in [-0.2, 0) is 0 Å². The normalized spacial score (nSPS) is 9.56. The second-order valence-corrected chi connectivity index (χ2v) is 2.11. The van der Waals surface area contributed by atoms with Crippen molar-refractivity contribution in [2.24, 2.45) is 0 Å². The first-order valence-corrected chi connectivity index (χ1v) is 2.92. The highest BCUT2D eigenvalue weighted by Crippen LogP contribution is 2.13. The highest BCUT2D eigenvalue weighted by molar-refractivity contribution is 9.10. The molecule has 9 heavy (non-hydrogen) atoms. The van der Waals surface area contributed by atoms with Crippen molar-refractivity contribution in [3.8, 4) is 0 Å². The van der Waals surface area contributed by atoms with E-state index in [1.807, 2.05) is 0 Å². The van der Waals surface area contributed by atoms with Crippen molar-refractivity contribution in [3.63, 3.8) is 0 Å². The Morgan fingerprint density at radius 2 is 2.22 bits per heavy atom. The van der Waals surface area contributed by atoms with E-state index in [1.165, 1.54) is 6.33 Å². The Labute approximate surface area is 59.2 Å². The molecular formula is C4H3BrFN3. The zero-order chi connectivity index (χ0) is 6.85. The lowest BCUT2D eigenvalue weighted by atomic mass is 10.6. The number of nitrogens with two attached hydrogens (primary N) is 1. The summed E-state index contributed by atoms with van der Waals surface area (Å²) in [5.41, 5.74) is 5.06. The molecule has 3 nitrogen and oxygen atoms in total. The van der Waals surface area contributed by atoms with Crippen LogP contribution in [0.15, 0.2) is 10.9 Å². The molecule has 0 bridgehead atoms. The summed E-state index contributed by atoms with van der Waals surface area (Å²) in [7, 11) is 0. The van der Waals surface area contributed by atoms with E-state index >= 15 is 0 Å². The maximum atomic E-state index is 12.4. The molecule has 5 heteroatoms. The van der Waals surface area contributed by atoms with Crippen LogP contribution in [0.4, 0.5) is 10.2 Å². The Kier molecular flexibility index (Phi) is 1.61. The van der Waals surface area contributed by atoms with Gasteiger partial charge in [0, 0.05) is 0 Å². The Morgan fingerprint density at radius 3 is 2.67 bits per heavy atom. The van der Waals surface area contributed by atoms with Crippen LogP contribution in [0.1, 0.15) is 0 Å². The fraction of sp³-hybridized carbons (Fsp3) is 0. The van der Waals surface area contributed by atoms with Crippen molar-refractivity contribution in [1.29, 1.82) is 0 Å². The van der Waals surface area contributed by atoms with Crippen LogP contribution < -0.4 is 5.73 Å². The SMILES string of the molecule is Nc1ncnc(Br)c1F. The summed E-state index contributed by atoms with van der Waals surface area (Å²) in [5.74, 6) is -0.755. The molecular weight excluding hydrogens is 189 g/mol. The van der Waals surface area contributed by atoms with Gasteiger partial charge in [-0.15, -0.1) is 0 Å². The maximum Gasteiger partial charge on any atom is 0.197 e. The fourth-order valence-electron chi connectivity index (χ4n) is 0.361. The van der Waals surface area contributed by atoms with Crippen molar-refractivity contribution in [3.05, 3.63) is 16.7 Å². The minimum absolute atomic E-state index is 0.0926. The average Bonchev–Trinajstić information content (AvgIpc) is 1.83. The summed E-state index contributed by atoms with van der Waals surface area (Å²) in [6.45, 7) is 0. The van der Waals surface area contributed by atoms with Gasteiger partial charge in [-0.05, 0) is 15.9 Å². The van der Waals surface area contributed by atoms with E-state index in [2.05, 4.69) is 25.9 Å². The summed E-state index contributed by atoms with van der Waals surface area (Å²) in [6.07, 6.45) is 1.18. The number of nitrogens with zero attached hydrogens (tertiary/aromatic N) is 2. The number of anilines is 1. The molecule has 0 amide bonds. The monoisotopic (exact) mass is 191 g/mol. The molecule has 0 aliphatic heterocycles. The molecule has 2 N–H and O–H groups in total. The van der Waals surface area contributed by atoms with Gasteiger partial charge < -0.3 is 5.73 Å². The molecule has 48 valence electrons. The Hall–Kier alpha value is -0.710. The summed E-state index contributed by atoms with van der Waals surface area (Å²) >= 11 is 2.84. The van der Waals surface area contributed by atoms with Crippen LogP contribution in [0.3, 0.4) is 0 Å². The van der Waals surface area contributed by atoms with Gasteiger partial charge in [-0.25, -0.2) is 9.97 Å². The third-order valence-corrected chi connectivity index (χ3v) is 1.33. The van der Waals surface area contributed by atoms with Gasteiger partial charge in [-0.1, -0.05) is 0 Å². The molecule has 0 saturated heterocycles. The second-order valence-electron chi connectivity index (χ2n) is 1.36. The maximum absolute atomic E-state index is 12.4. The lowest BCUT2D eigenvalue weighted by molar-refractivity contribution is 0.611. The van der Waals surface area contributed by atoms with E-state index in [1.54, 1.807) is 0 Å². The van der Waals surface area contributed by atoms with Crippen molar-refractivity contribution in [2.75, 3.05) is 5.73 Å². The van der Waals surface area contributed by atoms with Crippen LogP contribution >= 0.6 is 15.9 Å². The summed E-state index contributed by atoms with van der Waals surface area (Å²) < 4.78 is 12.5. The number of halogens is 2. The number of aromatic nitrogens is 2. The largest absolute Gasteiger partial charge is 0.381 e. The number of hydrogen-bond acceptors (Lipinski definition) is 3. The summed E-state index contributed by atoms with van der Waals surface area (Å²) in [4.78, 5) is 6.89. The van der Waals surface area contributed by atoms with Gasteiger partial charge >= 0.3 is 0 Å². The van der Waals surface area contributed by atoms with Crippen LogP contribution in [0.25, 0.3) is 0 Å². The van der Waals surface area contributed by atoms with E-state index in [9.17, 15) is 4.39 Å². The first-order valence-electron chi connectivity index (χ1n) is 2.13. The van der Waals surface area contributed by atoms with Crippen LogP contribution in [0.2, 0.25) is 0 Å². The van der Waals surface area contributed by atoms with Gasteiger partial charge in [-0.3, -0.25) is 0 Å². The number of hydrogen-bond donors (Lipinski definition) is 1. The van der Waals surface area contributed by atoms with Crippen molar-refractivity contribution in [1.82, 2.24) is 9.97 Å². The first kappa shape index (κ1) is 6.41. The Balaban J connectivity index is 3.25. The van der Waals surface area contributed by atoms with Gasteiger partial charge in [0.05, 0.1) is 0 Å². The topological polar surface area (TPSA) is 51.8 Å². The summed E-state index contributed by atoms with van der Waals surface area (Å²) in [6, 6.07) is 0. The molecule has 0 atom stereocenters. The van der Waals surface area contributed by atoms with Gasteiger partial charge in [0.1, 0.15) is 10.9 Å². The standard InChI is InChI=1S/C4H3BrFN3/c5-3-2(6)4(7)9-1-8-3/h1H,(H2,7,8,9). The molecule has 1 aromatic heterocycles. The van der Waals surface area contributed by atoms with Gasteiger partial charge in [-0.2, -0.15) is 4.39 Å². The van der Waals surface area contributed by atoms with Crippen molar-refractivity contribution in [2.45, 2.75) is 0 Å². The lowest BCUT2D eigenvalue weighted by Crippen LogP contribution is -1.96. The smallest absolute Gasteiger partial charge is 0.197 e. The predicted molar refractivity (Wildman–Crippen MR) is 34.1 cm³/mol. The van der Waals surface area contributed by atoms with E-state index in [0.717, 1.165) is 0 Å². The molecule has 0 unspecified atom stereocenters. The minimum Gasteiger partial charge on any atom is -0.381 e. The molecule has 0 spiro atoms. The second kappa shape index (κ2) is 2.26. The van der Waals surface area contributed by atoms with Gasteiger partial charge in [0.25, 0.3) is 0 Å². The van der Waals surface area contributed by atoms with Crippen LogP contribution in [0, 0.1) is 5.82 Å². The molecule has 0 saturated carbocycles. The third kappa shape index (κ3) is 1.16. The van der Waals surface area contributed by atoms with Gasteiger partial charge in [0.2, 0.25) is 0 Å². The number of rotatable bonds is 0. The van der Waals surface area contributed by atoms with E-state index in [0.29, 0.717) is 0 Å². The van der Waals surface area contributed by atoms with Gasteiger partial charge in [0.15, 0.2) is 11.6 Å². The quantitative estimate of drug-likeness (QED) is 0.622. The molecule has 0 fully saturated rings. The Bertz CT molecular complexity index is 207. The zero-order valence-electron chi connectivity index (χ0n) is 4.31. The van der Waals surface area contributed by atoms with E-state index < -0.39 is 5.82 Å². The molecule has 0 radical (unpaired) electrons. The highest BCUT2D eigenvalue weighted by atomic mass is 79.9. The number of nitrogen functional groups attached to an aromatic ring is 1. The molecule has 0 aromatic carbocycles. The van der Waals surface area contributed by atoms with E-state index in [-0.39, 0.29) is 10.4 Å². The molecule has 0 aliphatic rings. The lowest BCUT2D eigenvalue weighted by Gasteiger charge is -1.93. The van der Waals surface area contributed by atoms with Crippen molar-refractivity contribution < 1.29 is 4.39 Å². The summed E-state index contributed by atoms with van der Waals surface area (Å²) in [5, 5.41) is 0. The first-order chi connectivity index (χ1) is 4.22.